The van der Waals surface area contributed by atoms with Crippen molar-refractivity contribution in [3.8, 4) is 5.75 Å². The Kier molecular flexibility index (Phi) is 6.09. The van der Waals surface area contributed by atoms with Gasteiger partial charge in [-0.3, -0.25) is 4.79 Å². The number of ether oxygens (including phenoxy) is 1. The van der Waals surface area contributed by atoms with Gasteiger partial charge in [-0.2, -0.15) is 0 Å². The summed E-state index contributed by atoms with van der Waals surface area (Å²) in [6.07, 6.45) is 1.43. The lowest BCUT2D eigenvalue weighted by Crippen LogP contribution is -2.19. The number of aryl methyl sites for hydroxylation is 1. The molecular formula is C25H22ClNO4S. The number of halogens is 1. The first-order valence-corrected chi connectivity index (χ1v) is 12.0. The molecule has 0 bridgehead atoms. The van der Waals surface area contributed by atoms with Crippen LogP contribution in [0.2, 0.25) is 5.02 Å². The van der Waals surface area contributed by atoms with Crippen molar-refractivity contribution in [2.75, 3.05) is 6.61 Å². The lowest BCUT2D eigenvalue weighted by atomic mass is 10.1. The minimum Gasteiger partial charge on any atom is -0.494 e. The Morgan fingerprint density at radius 1 is 0.969 bits per heavy atom. The highest BCUT2D eigenvalue weighted by molar-refractivity contribution is 7.91. The zero-order chi connectivity index (χ0) is 22.9. The molecule has 0 saturated carbocycles. The molecule has 0 spiro atoms. The Hall–Kier alpha value is -3.09. The predicted molar refractivity (Wildman–Crippen MR) is 127 cm³/mol. The van der Waals surface area contributed by atoms with Crippen LogP contribution >= 0.6 is 11.6 Å². The van der Waals surface area contributed by atoms with Crippen LogP contribution in [0.1, 0.15) is 18.1 Å². The molecular weight excluding hydrogens is 446 g/mol. The van der Waals surface area contributed by atoms with Crippen molar-refractivity contribution >= 4 is 32.3 Å². The van der Waals surface area contributed by atoms with Crippen LogP contribution in [0.3, 0.4) is 0 Å². The van der Waals surface area contributed by atoms with Gasteiger partial charge in [0.15, 0.2) is 0 Å². The van der Waals surface area contributed by atoms with Crippen molar-refractivity contribution in [2.24, 2.45) is 0 Å². The van der Waals surface area contributed by atoms with Crippen LogP contribution in [0.15, 0.2) is 87.5 Å². The fourth-order valence-electron chi connectivity index (χ4n) is 3.56. The highest BCUT2D eigenvalue weighted by Gasteiger charge is 2.24. The quantitative estimate of drug-likeness (QED) is 0.389. The van der Waals surface area contributed by atoms with Gasteiger partial charge in [0.25, 0.3) is 0 Å². The van der Waals surface area contributed by atoms with Crippen LogP contribution in [0.4, 0.5) is 0 Å². The number of sulfone groups is 1. The molecule has 164 valence electrons. The van der Waals surface area contributed by atoms with Crippen molar-refractivity contribution in [1.82, 2.24) is 4.57 Å². The maximum atomic E-state index is 13.4. The third-order valence-corrected chi connectivity index (χ3v) is 7.23. The van der Waals surface area contributed by atoms with E-state index in [4.69, 9.17) is 16.3 Å². The Labute approximate surface area is 191 Å². The number of nitrogens with zero attached hydrogens (tertiary/aromatic N) is 1. The summed E-state index contributed by atoms with van der Waals surface area (Å²) in [7, 11) is -4.02. The van der Waals surface area contributed by atoms with E-state index in [0.717, 1.165) is 11.1 Å². The van der Waals surface area contributed by atoms with E-state index < -0.39 is 15.3 Å². The number of rotatable bonds is 6. The van der Waals surface area contributed by atoms with Gasteiger partial charge in [-0.25, -0.2) is 8.42 Å². The van der Waals surface area contributed by atoms with Gasteiger partial charge < -0.3 is 9.30 Å². The Balaban J connectivity index is 1.95. The molecule has 32 heavy (non-hydrogen) atoms. The minimum absolute atomic E-state index is 0.0820. The van der Waals surface area contributed by atoms with Crippen molar-refractivity contribution in [3.63, 3.8) is 0 Å². The van der Waals surface area contributed by atoms with Gasteiger partial charge in [-0.05, 0) is 61.9 Å². The fourth-order valence-corrected chi connectivity index (χ4v) is 5.05. The summed E-state index contributed by atoms with van der Waals surface area (Å²) in [5, 5.41) is 0.903. The molecule has 0 atom stereocenters. The normalized spacial score (nSPS) is 11.6. The van der Waals surface area contributed by atoms with Crippen LogP contribution in [0.25, 0.3) is 10.9 Å². The van der Waals surface area contributed by atoms with Gasteiger partial charge >= 0.3 is 0 Å². The molecule has 4 rings (SSSR count). The predicted octanol–water partition coefficient (Wildman–Crippen LogP) is 5.24. The fraction of sp³-hybridized carbons (Fsp3) is 0.160. The Morgan fingerprint density at radius 2 is 1.66 bits per heavy atom. The van der Waals surface area contributed by atoms with Gasteiger partial charge in [0.05, 0.1) is 22.4 Å². The Morgan fingerprint density at radius 3 is 2.31 bits per heavy atom. The first-order valence-electron chi connectivity index (χ1n) is 10.2. The summed E-state index contributed by atoms with van der Waals surface area (Å²) >= 11 is 6.00. The molecule has 0 saturated heterocycles. The second-order valence-electron chi connectivity index (χ2n) is 7.51. The van der Waals surface area contributed by atoms with Crippen molar-refractivity contribution < 1.29 is 13.2 Å². The lowest BCUT2D eigenvalue weighted by molar-refractivity contribution is 0.340. The van der Waals surface area contributed by atoms with Crippen molar-refractivity contribution in [2.45, 2.75) is 30.2 Å². The number of pyridine rings is 1. The van der Waals surface area contributed by atoms with Crippen LogP contribution in [0.5, 0.6) is 5.75 Å². The molecule has 1 aromatic heterocycles. The molecule has 5 nitrogen and oxygen atoms in total. The molecule has 1 heterocycles. The molecule has 0 aliphatic heterocycles. The average Bonchev–Trinajstić information content (AvgIpc) is 2.77. The zero-order valence-corrected chi connectivity index (χ0v) is 19.3. The number of hydrogen-bond donors (Lipinski definition) is 0. The van der Waals surface area contributed by atoms with Gasteiger partial charge in [0.2, 0.25) is 15.3 Å². The lowest BCUT2D eigenvalue weighted by Gasteiger charge is -2.15. The number of benzene rings is 3. The van der Waals surface area contributed by atoms with E-state index in [9.17, 15) is 13.2 Å². The molecule has 0 unspecified atom stereocenters. The topological polar surface area (TPSA) is 65.4 Å². The summed E-state index contributed by atoms with van der Waals surface area (Å²) in [4.78, 5) is 13.2. The number of fused-ring (bicyclic) bond motifs is 1. The van der Waals surface area contributed by atoms with E-state index in [2.05, 4.69) is 0 Å². The maximum absolute atomic E-state index is 13.4. The van der Waals surface area contributed by atoms with Crippen molar-refractivity contribution in [1.29, 1.82) is 0 Å². The van der Waals surface area contributed by atoms with Crippen LogP contribution < -0.4 is 10.2 Å². The molecule has 0 radical (unpaired) electrons. The largest absolute Gasteiger partial charge is 0.494 e. The van der Waals surface area contributed by atoms with Gasteiger partial charge in [-0.15, -0.1) is 0 Å². The Bertz CT molecular complexity index is 1440. The first kappa shape index (κ1) is 22.1. The summed E-state index contributed by atoms with van der Waals surface area (Å²) in [5.41, 5.74) is 1.93. The van der Waals surface area contributed by atoms with Gasteiger partial charge in [0, 0.05) is 17.8 Å². The van der Waals surface area contributed by atoms with E-state index in [1.165, 1.54) is 18.3 Å². The molecule has 4 aromatic rings. The zero-order valence-electron chi connectivity index (χ0n) is 17.7. The third-order valence-electron chi connectivity index (χ3n) is 5.22. The summed E-state index contributed by atoms with van der Waals surface area (Å²) in [6, 6.07) is 18.9. The highest BCUT2D eigenvalue weighted by atomic mass is 35.5. The second-order valence-corrected chi connectivity index (χ2v) is 9.86. The molecule has 0 aliphatic carbocycles. The second kappa shape index (κ2) is 8.81. The van der Waals surface area contributed by atoms with Crippen LogP contribution in [-0.2, 0) is 16.4 Å². The maximum Gasteiger partial charge on any atom is 0.211 e. The van der Waals surface area contributed by atoms with E-state index in [1.54, 1.807) is 47.0 Å². The minimum atomic E-state index is -4.02. The first-order chi connectivity index (χ1) is 15.3. The number of hydrogen-bond acceptors (Lipinski definition) is 4. The molecule has 0 aliphatic rings. The SMILES string of the molecule is CCOc1ccc2c(c1)c(=O)c(S(=O)(=O)c1ccc(C)cc1)cn2Cc1ccc(Cl)cc1. The van der Waals surface area contributed by atoms with Crippen molar-refractivity contribution in [3.05, 3.63) is 99.3 Å². The van der Waals surface area contributed by atoms with Crippen LogP contribution in [0, 0.1) is 6.92 Å². The van der Waals surface area contributed by atoms with E-state index in [0.29, 0.717) is 29.4 Å². The van der Waals surface area contributed by atoms with Gasteiger partial charge in [-0.1, -0.05) is 41.4 Å². The highest BCUT2D eigenvalue weighted by Crippen LogP contribution is 2.25. The summed E-state index contributed by atoms with van der Waals surface area (Å²) in [5.74, 6) is 0.514. The number of aromatic nitrogens is 1. The van der Waals surface area contributed by atoms with E-state index in [-0.39, 0.29) is 15.2 Å². The summed E-state index contributed by atoms with van der Waals surface area (Å²) in [6.45, 7) is 4.53. The molecule has 0 fully saturated rings. The average molecular weight is 468 g/mol. The summed E-state index contributed by atoms with van der Waals surface area (Å²) < 4.78 is 34.1. The third kappa shape index (κ3) is 4.29. The molecule has 3 aromatic carbocycles. The van der Waals surface area contributed by atoms with E-state index in [1.807, 2.05) is 26.0 Å². The molecule has 0 amide bonds. The molecule has 0 N–H and O–H groups in total. The van der Waals surface area contributed by atoms with Gasteiger partial charge in [0.1, 0.15) is 10.6 Å². The van der Waals surface area contributed by atoms with Crippen LogP contribution in [-0.4, -0.2) is 19.6 Å². The smallest absolute Gasteiger partial charge is 0.211 e. The standard InChI is InChI=1S/C25H22ClNO4S/c1-3-31-20-10-13-23-22(14-20)25(28)24(32(29,30)21-11-4-17(2)5-12-21)16-27(23)15-18-6-8-19(26)9-7-18/h4-14,16H,3,15H2,1-2H3. The van der Waals surface area contributed by atoms with E-state index >= 15 is 0 Å². The monoisotopic (exact) mass is 467 g/mol. The molecule has 7 heteroatoms.